The number of methoxy groups -OCH3 is 1. The Hall–Kier alpha value is -3.76. The predicted molar refractivity (Wildman–Crippen MR) is 144 cm³/mol. The highest BCUT2D eigenvalue weighted by Gasteiger charge is 2.15. The third kappa shape index (κ3) is 7.37. The highest BCUT2D eigenvalue weighted by Crippen LogP contribution is 2.19. The molecule has 3 aromatic rings. The van der Waals surface area contributed by atoms with Gasteiger partial charge in [-0.1, -0.05) is 41.4 Å². The number of guanidine groups is 1. The molecular weight excluding hydrogens is 505 g/mol. The van der Waals surface area contributed by atoms with Gasteiger partial charge < -0.3 is 21.1 Å². The van der Waals surface area contributed by atoms with Crippen LogP contribution in [0, 0.1) is 0 Å². The molecule has 0 aliphatic carbocycles. The van der Waals surface area contributed by atoms with Gasteiger partial charge in [0, 0.05) is 23.1 Å². The van der Waals surface area contributed by atoms with E-state index in [4.69, 9.17) is 33.7 Å². The number of halogens is 2. The topological polar surface area (TPSA) is 129 Å². The Morgan fingerprint density at radius 3 is 2.42 bits per heavy atom. The SMILES string of the molecule is C=CCNC(N)=NCCNc1nc(=O)n(Cc2cc(Cl)cc(Cl)c2)c(=O)n1Cc1ccc(OC)cc1. The zero-order valence-corrected chi connectivity index (χ0v) is 21.2. The van der Waals surface area contributed by atoms with Crippen LogP contribution in [0.2, 0.25) is 10.0 Å². The van der Waals surface area contributed by atoms with Gasteiger partial charge in [-0.3, -0.25) is 9.56 Å². The smallest absolute Gasteiger partial charge is 0.355 e. The van der Waals surface area contributed by atoms with Gasteiger partial charge in [-0.15, -0.1) is 6.58 Å². The van der Waals surface area contributed by atoms with E-state index in [2.05, 4.69) is 27.2 Å². The summed E-state index contributed by atoms with van der Waals surface area (Å²) in [6.07, 6.45) is 1.66. The van der Waals surface area contributed by atoms with Gasteiger partial charge in [0.25, 0.3) is 0 Å². The standard InChI is InChI=1S/C24H27Cl2N7O3/c1-3-8-28-21(27)29-9-10-30-22-31-23(34)33(15-17-11-18(25)13-19(26)12-17)24(35)32(22)14-16-4-6-20(36-2)7-5-16/h3-7,11-13H,1,8-10,14-15H2,2H3,(H3,27,28,29)(H,30,31,34). The second-order valence-corrected chi connectivity index (χ2v) is 8.53. The number of hydrogen-bond acceptors (Lipinski definition) is 6. The van der Waals surface area contributed by atoms with Crippen molar-refractivity contribution in [2.45, 2.75) is 13.1 Å². The number of rotatable bonds is 11. The minimum atomic E-state index is -0.708. The van der Waals surface area contributed by atoms with E-state index in [-0.39, 0.29) is 25.0 Å². The Balaban J connectivity index is 1.92. The van der Waals surface area contributed by atoms with Gasteiger partial charge in [0.1, 0.15) is 5.75 Å². The molecule has 0 saturated heterocycles. The molecule has 0 atom stereocenters. The number of aliphatic imine (C=N–C) groups is 1. The van der Waals surface area contributed by atoms with Crippen molar-refractivity contribution in [3.8, 4) is 5.75 Å². The molecule has 0 aliphatic heterocycles. The van der Waals surface area contributed by atoms with E-state index in [0.717, 1.165) is 10.1 Å². The predicted octanol–water partition coefficient (Wildman–Crippen LogP) is 2.32. The summed E-state index contributed by atoms with van der Waals surface area (Å²) in [5, 5.41) is 6.69. The number of hydrogen-bond donors (Lipinski definition) is 3. The number of nitrogens with one attached hydrogen (secondary N) is 2. The van der Waals surface area contributed by atoms with Crippen LogP contribution in [0.5, 0.6) is 5.75 Å². The Morgan fingerprint density at radius 2 is 1.78 bits per heavy atom. The quantitative estimate of drug-likeness (QED) is 0.150. The lowest BCUT2D eigenvalue weighted by molar-refractivity contribution is 0.414. The molecule has 4 N–H and O–H groups in total. The molecule has 1 aromatic heterocycles. The maximum absolute atomic E-state index is 13.5. The lowest BCUT2D eigenvalue weighted by Crippen LogP contribution is -2.43. The van der Waals surface area contributed by atoms with Crippen LogP contribution in [-0.4, -0.2) is 46.8 Å². The fourth-order valence-corrected chi connectivity index (χ4v) is 3.89. The van der Waals surface area contributed by atoms with E-state index in [0.29, 0.717) is 41.0 Å². The Labute approximate surface area is 218 Å². The normalized spacial score (nSPS) is 11.2. The third-order valence-electron chi connectivity index (χ3n) is 5.02. The molecule has 0 bridgehead atoms. The molecule has 0 spiro atoms. The first-order chi connectivity index (χ1) is 17.3. The Bertz CT molecular complexity index is 1330. The molecule has 3 rings (SSSR count). The minimum absolute atomic E-state index is 0.0381. The van der Waals surface area contributed by atoms with Crippen LogP contribution in [0.25, 0.3) is 0 Å². The molecule has 1 heterocycles. The summed E-state index contributed by atoms with van der Waals surface area (Å²) in [5.41, 5.74) is 5.93. The van der Waals surface area contributed by atoms with Crippen LogP contribution in [-0.2, 0) is 13.1 Å². The first kappa shape index (κ1) is 26.8. The van der Waals surface area contributed by atoms with E-state index < -0.39 is 11.4 Å². The van der Waals surface area contributed by atoms with Crippen molar-refractivity contribution in [1.29, 1.82) is 0 Å². The van der Waals surface area contributed by atoms with E-state index >= 15 is 0 Å². The summed E-state index contributed by atoms with van der Waals surface area (Å²) in [5.74, 6) is 1.07. The average molecular weight is 532 g/mol. The van der Waals surface area contributed by atoms with Gasteiger partial charge in [-0.2, -0.15) is 4.98 Å². The molecule has 0 radical (unpaired) electrons. The maximum atomic E-state index is 13.5. The number of aromatic nitrogens is 3. The van der Waals surface area contributed by atoms with Gasteiger partial charge in [-0.05, 0) is 41.5 Å². The number of anilines is 1. The molecule has 190 valence electrons. The van der Waals surface area contributed by atoms with Gasteiger partial charge in [0.2, 0.25) is 5.95 Å². The molecule has 10 nitrogen and oxygen atoms in total. The second-order valence-electron chi connectivity index (χ2n) is 7.66. The van der Waals surface area contributed by atoms with Crippen LogP contribution >= 0.6 is 23.2 Å². The van der Waals surface area contributed by atoms with Crippen LogP contribution < -0.4 is 32.5 Å². The molecule has 36 heavy (non-hydrogen) atoms. The Kier molecular flexibility index (Phi) is 9.54. The molecule has 12 heteroatoms. The molecule has 2 aromatic carbocycles. The second kappa shape index (κ2) is 12.8. The minimum Gasteiger partial charge on any atom is -0.497 e. The molecule has 0 saturated carbocycles. The highest BCUT2D eigenvalue weighted by molar-refractivity contribution is 6.34. The zero-order valence-electron chi connectivity index (χ0n) is 19.7. The number of benzene rings is 2. The van der Waals surface area contributed by atoms with Gasteiger partial charge >= 0.3 is 11.4 Å². The van der Waals surface area contributed by atoms with E-state index in [1.807, 2.05) is 12.1 Å². The third-order valence-corrected chi connectivity index (χ3v) is 5.45. The van der Waals surface area contributed by atoms with Crippen molar-refractivity contribution in [3.05, 3.63) is 97.3 Å². The summed E-state index contributed by atoms with van der Waals surface area (Å²) in [7, 11) is 1.57. The number of nitrogens with zero attached hydrogens (tertiary/aromatic N) is 4. The largest absolute Gasteiger partial charge is 0.497 e. The van der Waals surface area contributed by atoms with Crippen molar-refractivity contribution in [1.82, 2.24) is 19.4 Å². The lowest BCUT2D eigenvalue weighted by atomic mass is 10.2. The van der Waals surface area contributed by atoms with Crippen molar-refractivity contribution >= 4 is 35.1 Å². The summed E-state index contributed by atoms with van der Waals surface area (Å²) < 4.78 is 7.62. The van der Waals surface area contributed by atoms with Crippen molar-refractivity contribution in [2.24, 2.45) is 10.7 Å². The summed E-state index contributed by atoms with van der Waals surface area (Å²) in [4.78, 5) is 34.6. The molecule has 0 aliphatic rings. The first-order valence-corrected chi connectivity index (χ1v) is 11.7. The molecular formula is C24H27Cl2N7O3. The van der Waals surface area contributed by atoms with Crippen molar-refractivity contribution < 1.29 is 4.74 Å². The van der Waals surface area contributed by atoms with Gasteiger partial charge in [-0.25, -0.2) is 14.2 Å². The fraction of sp³-hybridized carbons (Fsp3) is 0.250. The highest BCUT2D eigenvalue weighted by atomic mass is 35.5. The van der Waals surface area contributed by atoms with E-state index in [9.17, 15) is 9.59 Å². The van der Waals surface area contributed by atoms with Crippen LogP contribution in [0.15, 0.2) is 69.7 Å². The van der Waals surface area contributed by atoms with Crippen LogP contribution in [0.4, 0.5) is 5.95 Å². The van der Waals surface area contributed by atoms with E-state index in [1.54, 1.807) is 43.5 Å². The average Bonchev–Trinajstić information content (AvgIpc) is 2.85. The fourth-order valence-electron chi connectivity index (χ4n) is 3.32. The summed E-state index contributed by atoms with van der Waals surface area (Å²) >= 11 is 12.2. The van der Waals surface area contributed by atoms with Crippen LogP contribution in [0.1, 0.15) is 11.1 Å². The van der Waals surface area contributed by atoms with Crippen molar-refractivity contribution in [3.63, 3.8) is 0 Å². The first-order valence-electron chi connectivity index (χ1n) is 11.0. The molecule has 0 unspecified atom stereocenters. The number of ether oxygens (including phenoxy) is 1. The summed E-state index contributed by atoms with van der Waals surface area (Å²) in [6.45, 7) is 4.80. The Morgan fingerprint density at radius 1 is 1.11 bits per heavy atom. The zero-order chi connectivity index (χ0) is 26.1. The lowest BCUT2D eigenvalue weighted by Gasteiger charge is -2.16. The van der Waals surface area contributed by atoms with Gasteiger partial charge in [0.05, 0.1) is 26.7 Å². The molecule has 0 amide bonds. The number of nitrogens with two attached hydrogens (primary N) is 1. The van der Waals surface area contributed by atoms with Crippen molar-refractivity contribution in [2.75, 3.05) is 32.1 Å². The maximum Gasteiger partial charge on any atom is 0.355 e. The molecule has 0 fully saturated rings. The van der Waals surface area contributed by atoms with E-state index in [1.165, 1.54) is 4.57 Å². The van der Waals surface area contributed by atoms with Gasteiger partial charge in [0.15, 0.2) is 5.96 Å². The van der Waals surface area contributed by atoms with Crippen LogP contribution in [0.3, 0.4) is 0 Å². The summed E-state index contributed by atoms with van der Waals surface area (Å²) in [6, 6.07) is 12.1. The monoisotopic (exact) mass is 531 g/mol.